The molecule has 2 fully saturated rings. The summed E-state index contributed by atoms with van der Waals surface area (Å²) in [6, 6.07) is 16.0. The van der Waals surface area contributed by atoms with Crippen LogP contribution in [0, 0.1) is 0 Å². The topological polar surface area (TPSA) is 63.8 Å². The second-order valence-electron chi connectivity index (χ2n) is 7.54. The largest absolute Gasteiger partial charge is 0.366 e. The van der Waals surface area contributed by atoms with Crippen molar-refractivity contribution in [3.8, 4) is 11.5 Å². The number of likely N-dealkylation sites (N-methyl/N-ethyl adjacent to an activating group) is 1. The van der Waals surface area contributed by atoms with Crippen LogP contribution in [0.5, 0.6) is 0 Å². The molecule has 2 atom stereocenters. The average molecular weight is 344 g/mol. The number of aromatic amines is 2. The number of H-pyrrole nitrogens is 2. The minimum atomic E-state index is 0.639. The van der Waals surface area contributed by atoms with Gasteiger partial charge in [0, 0.05) is 36.2 Å². The summed E-state index contributed by atoms with van der Waals surface area (Å²) in [7, 11) is 2.24. The molecule has 0 saturated carbocycles. The molecule has 2 unspecified atom stereocenters. The van der Waals surface area contributed by atoms with Crippen LogP contribution in [0.3, 0.4) is 0 Å². The van der Waals surface area contributed by atoms with E-state index in [1.54, 1.807) is 0 Å². The van der Waals surface area contributed by atoms with Gasteiger partial charge in [-0.15, -0.1) is 0 Å². The number of anilines is 1. The van der Waals surface area contributed by atoms with Crippen LogP contribution in [0.15, 0.2) is 42.5 Å². The molecule has 4 aromatic rings. The van der Waals surface area contributed by atoms with Crippen LogP contribution in [-0.2, 0) is 0 Å². The van der Waals surface area contributed by atoms with Gasteiger partial charge in [0.2, 0.25) is 0 Å². The fourth-order valence-electron chi connectivity index (χ4n) is 4.61. The summed E-state index contributed by atoms with van der Waals surface area (Å²) in [6.07, 6.45) is 1.28. The second-order valence-corrected chi connectivity index (χ2v) is 7.54. The molecule has 2 N–H and O–H groups in total. The van der Waals surface area contributed by atoms with E-state index in [2.05, 4.69) is 56.3 Å². The molecular formula is C20H20N6. The van der Waals surface area contributed by atoms with Gasteiger partial charge in [-0.1, -0.05) is 18.2 Å². The molecule has 0 radical (unpaired) electrons. The maximum Gasteiger partial charge on any atom is 0.159 e. The highest BCUT2D eigenvalue weighted by Gasteiger charge is 2.41. The van der Waals surface area contributed by atoms with Crippen molar-refractivity contribution in [1.29, 1.82) is 0 Å². The van der Waals surface area contributed by atoms with Gasteiger partial charge in [0.05, 0.1) is 16.6 Å². The third-order valence-corrected chi connectivity index (χ3v) is 6.01. The van der Waals surface area contributed by atoms with E-state index in [0.29, 0.717) is 12.1 Å². The molecule has 2 aliphatic rings. The first-order valence-corrected chi connectivity index (χ1v) is 9.16. The predicted octanol–water partition coefficient (Wildman–Crippen LogP) is 3.00. The van der Waals surface area contributed by atoms with Crippen LogP contribution in [0.2, 0.25) is 0 Å². The molecule has 4 heterocycles. The van der Waals surface area contributed by atoms with E-state index in [0.717, 1.165) is 46.5 Å². The molecule has 130 valence electrons. The Hall–Kier alpha value is -2.86. The minimum Gasteiger partial charge on any atom is -0.366 e. The normalized spacial score (nSPS) is 22.9. The first kappa shape index (κ1) is 14.3. The highest BCUT2D eigenvalue weighted by molar-refractivity contribution is 5.93. The van der Waals surface area contributed by atoms with E-state index in [9.17, 15) is 0 Å². The van der Waals surface area contributed by atoms with Crippen molar-refractivity contribution in [2.45, 2.75) is 18.5 Å². The van der Waals surface area contributed by atoms with Gasteiger partial charge in [0.15, 0.2) is 5.82 Å². The first-order valence-electron chi connectivity index (χ1n) is 9.16. The lowest BCUT2D eigenvalue weighted by molar-refractivity contribution is 0.292. The van der Waals surface area contributed by atoms with Gasteiger partial charge in [-0.3, -0.25) is 10.00 Å². The highest BCUT2D eigenvalue weighted by Crippen LogP contribution is 2.35. The zero-order valence-electron chi connectivity index (χ0n) is 14.6. The van der Waals surface area contributed by atoms with E-state index in [-0.39, 0.29) is 0 Å². The van der Waals surface area contributed by atoms with Crippen molar-refractivity contribution in [1.82, 2.24) is 25.1 Å². The lowest BCUT2D eigenvalue weighted by atomic mass is 10.2. The molecule has 6 nitrogen and oxygen atoms in total. The molecule has 0 spiro atoms. The number of imidazole rings is 1. The number of likely N-dealkylation sites (tertiary alicyclic amines) is 1. The summed E-state index contributed by atoms with van der Waals surface area (Å²) in [5.41, 5.74) is 5.25. The number of benzene rings is 2. The van der Waals surface area contributed by atoms with E-state index in [1.807, 2.05) is 18.2 Å². The molecule has 2 aromatic carbocycles. The van der Waals surface area contributed by atoms with Gasteiger partial charge in [0.25, 0.3) is 0 Å². The Morgan fingerprint density at radius 3 is 2.81 bits per heavy atom. The third-order valence-electron chi connectivity index (χ3n) is 6.01. The van der Waals surface area contributed by atoms with E-state index in [4.69, 9.17) is 4.98 Å². The van der Waals surface area contributed by atoms with Gasteiger partial charge in [-0.25, -0.2) is 4.98 Å². The van der Waals surface area contributed by atoms with Gasteiger partial charge in [-0.05, 0) is 37.7 Å². The maximum absolute atomic E-state index is 4.77. The van der Waals surface area contributed by atoms with Crippen molar-refractivity contribution >= 4 is 27.6 Å². The number of para-hydroxylation sites is 1. The Balaban J connectivity index is 1.40. The molecule has 6 rings (SSSR count). The van der Waals surface area contributed by atoms with Gasteiger partial charge >= 0.3 is 0 Å². The van der Waals surface area contributed by atoms with Crippen molar-refractivity contribution in [2.75, 3.05) is 25.0 Å². The van der Waals surface area contributed by atoms with E-state index >= 15 is 0 Å². The summed E-state index contributed by atoms with van der Waals surface area (Å²) in [4.78, 5) is 13.3. The Bertz CT molecular complexity index is 1120. The van der Waals surface area contributed by atoms with Crippen LogP contribution < -0.4 is 4.90 Å². The average Bonchev–Trinajstić information content (AvgIpc) is 3.41. The van der Waals surface area contributed by atoms with Crippen LogP contribution in [0.25, 0.3) is 33.5 Å². The summed E-state index contributed by atoms with van der Waals surface area (Å²) in [5.74, 6) is 0.817. The van der Waals surface area contributed by atoms with Crippen LogP contribution in [-0.4, -0.2) is 57.3 Å². The molecule has 26 heavy (non-hydrogen) atoms. The molecule has 2 bridgehead atoms. The number of rotatable bonds is 2. The Kier molecular flexibility index (Phi) is 2.80. The summed E-state index contributed by atoms with van der Waals surface area (Å²) < 4.78 is 0. The van der Waals surface area contributed by atoms with Crippen molar-refractivity contribution in [2.24, 2.45) is 0 Å². The van der Waals surface area contributed by atoms with Gasteiger partial charge in [-0.2, -0.15) is 5.10 Å². The van der Waals surface area contributed by atoms with Crippen LogP contribution in [0.1, 0.15) is 6.42 Å². The smallest absolute Gasteiger partial charge is 0.159 e. The number of nitrogens with zero attached hydrogens (tertiary/aromatic N) is 4. The number of hydrogen-bond acceptors (Lipinski definition) is 4. The SMILES string of the molecule is CN1CC2CC1CN2c1ccc2nc(-c3n[nH]c4ccccc34)[nH]c2c1. The minimum absolute atomic E-state index is 0.639. The standard InChI is InChI=1S/C20H20N6/c1-25-10-14-8-13(25)11-26(14)12-6-7-17-18(9-12)22-20(21-17)19-15-4-2-3-5-16(15)23-24-19/h2-7,9,13-14H,8,10-11H2,1H3,(H,21,22)(H,23,24). The van der Waals surface area contributed by atoms with Crippen molar-refractivity contribution in [3.05, 3.63) is 42.5 Å². The Labute approximate surface area is 150 Å². The molecule has 0 aliphatic carbocycles. The molecule has 0 amide bonds. The third kappa shape index (κ3) is 1.96. The molecule has 2 aromatic heterocycles. The second kappa shape index (κ2) is 5.08. The van der Waals surface area contributed by atoms with Crippen LogP contribution >= 0.6 is 0 Å². The summed E-state index contributed by atoms with van der Waals surface area (Å²) in [6.45, 7) is 2.29. The molecule has 2 saturated heterocycles. The number of nitrogens with one attached hydrogen (secondary N) is 2. The number of fused-ring (bicyclic) bond motifs is 4. The number of piperazine rings is 1. The van der Waals surface area contributed by atoms with Gasteiger partial charge in [0.1, 0.15) is 5.69 Å². The van der Waals surface area contributed by atoms with E-state index in [1.165, 1.54) is 12.1 Å². The molecule has 6 heteroatoms. The van der Waals surface area contributed by atoms with Crippen molar-refractivity contribution < 1.29 is 0 Å². The first-order chi connectivity index (χ1) is 12.8. The van der Waals surface area contributed by atoms with Crippen molar-refractivity contribution in [3.63, 3.8) is 0 Å². The zero-order valence-corrected chi connectivity index (χ0v) is 14.6. The fraction of sp³-hybridized carbons (Fsp3) is 0.300. The quantitative estimate of drug-likeness (QED) is 0.587. The molecular weight excluding hydrogens is 324 g/mol. The van der Waals surface area contributed by atoms with E-state index < -0.39 is 0 Å². The Morgan fingerprint density at radius 1 is 1.04 bits per heavy atom. The Morgan fingerprint density at radius 2 is 1.96 bits per heavy atom. The number of aromatic nitrogens is 4. The lowest BCUT2D eigenvalue weighted by Gasteiger charge is -2.33. The summed E-state index contributed by atoms with van der Waals surface area (Å²) >= 11 is 0. The predicted molar refractivity (Wildman–Crippen MR) is 103 cm³/mol. The molecule has 2 aliphatic heterocycles. The fourth-order valence-corrected chi connectivity index (χ4v) is 4.61. The zero-order chi connectivity index (χ0) is 17.3. The van der Waals surface area contributed by atoms with Gasteiger partial charge < -0.3 is 9.88 Å². The lowest BCUT2D eigenvalue weighted by Crippen LogP contribution is -2.44. The maximum atomic E-state index is 4.77. The summed E-state index contributed by atoms with van der Waals surface area (Å²) in [5, 5.41) is 8.64. The van der Waals surface area contributed by atoms with Crippen LogP contribution in [0.4, 0.5) is 5.69 Å². The number of hydrogen-bond donors (Lipinski definition) is 2. The highest BCUT2D eigenvalue weighted by atomic mass is 15.3. The monoisotopic (exact) mass is 344 g/mol.